The van der Waals surface area contributed by atoms with E-state index < -0.39 is 0 Å². The zero-order valence-corrected chi connectivity index (χ0v) is 12.9. The Kier molecular flexibility index (Phi) is 7.25. The predicted octanol–water partition coefficient (Wildman–Crippen LogP) is 4.14. The normalized spacial score (nSPS) is 30.3. The summed E-state index contributed by atoms with van der Waals surface area (Å²) in [6.45, 7) is 7.79. The number of nitrogens with one attached hydrogen (secondary N) is 1. The summed E-state index contributed by atoms with van der Waals surface area (Å²) >= 11 is 0. The summed E-state index contributed by atoms with van der Waals surface area (Å²) in [6, 6.07) is 0. The molecule has 0 heterocycles. The van der Waals surface area contributed by atoms with E-state index in [0.717, 1.165) is 12.5 Å². The summed E-state index contributed by atoms with van der Waals surface area (Å²) in [7, 11) is 2.05. The first-order valence-corrected chi connectivity index (χ1v) is 7.98. The van der Waals surface area contributed by atoms with Gasteiger partial charge in [0.05, 0.1) is 11.7 Å². The van der Waals surface area contributed by atoms with Gasteiger partial charge in [0.1, 0.15) is 0 Å². The fourth-order valence-corrected chi connectivity index (χ4v) is 3.45. The highest BCUT2D eigenvalue weighted by molar-refractivity contribution is 4.89. The molecule has 0 aliphatic heterocycles. The topological polar surface area (TPSA) is 21.3 Å². The molecule has 108 valence electrons. The minimum atomic E-state index is 0.119. The first-order valence-electron chi connectivity index (χ1n) is 7.98. The molecule has 1 unspecified atom stereocenters. The summed E-state index contributed by atoms with van der Waals surface area (Å²) < 4.78 is 6.42. The van der Waals surface area contributed by atoms with Crippen molar-refractivity contribution in [3.8, 4) is 0 Å². The fourth-order valence-electron chi connectivity index (χ4n) is 3.45. The molecule has 1 fully saturated rings. The van der Waals surface area contributed by atoms with Crippen LogP contribution in [0.2, 0.25) is 0 Å². The Morgan fingerprint density at radius 3 is 2.39 bits per heavy atom. The molecular weight excluding hydrogens is 222 g/mol. The van der Waals surface area contributed by atoms with E-state index in [1.165, 1.54) is 51.4 Å². The molecule has 1 atom stereocenters. The summed E-state index contributed by atoms with van der Waals surface area (Å²) in [4.78, 5) is 0. The molecule has 2 nitrogen and oxygen atoms in total. The van der Waals surface area contributed by atoms with E-state index in [0.29, 0.717) is 6.10 Å². The Hall–Kier alpha value is -0.0800. The Morgan fingerprint density at radius 2 is 1.89 bits per heavy atom. The average Bonchev–Trinajstić information content (AvgIpc) is 2.33. The van der Waals surface area contributed by atoms with Gasteiger partial charge in [-0.1, -0.05) is 33.1 Å². The first-order chi connectivity index (χ1) is 8.65. The smallest absolute Gasteiger partial charge is 0.0810 e. The highest BCUT2D eigenvalue weighted by Gasteiger charge is 2.36. The molecule has 2 heteroatoms. The average molecular weight is 255 g/mol. The molecule has 1 N–H and O–H groups in total. The van der Waals surface area contributed by atoms with Crippen LogP contribution in [0, 0.1) is 5.92 Å². The molecule has 18 heavy (non-hydrogen) atoms. The van der Waals surface area contributed by atoms with E-state index in [4.69, 9.17) is 4.74 Å². The lowest BCUT2D eigenvalue weighted by Crippen LogP contribution is -2.47. The van der Waals surface area contributed by atoms with E-state index in [1.807, 2.05) is 7.05 Å². The molecule has 0 aromatic rings. The molecule has 1 saturated carbocycles. The number of ether oxygens (including phenoxy) is 1. The second kappa shape index (κ2) is 8.16. The largest absolute Gasteiger partial charge is 0.371 e. The Balaban J connectivity index is 2.49. The minimum absolute atomic E-state index is 0.119. The zero-order valence-electron chi connectivity index (χ0n) is 12.9. The van der Waals surface area contributed by atoms with E-state index in [-0.39, 0.29) is 5.60 Å². The second-order valence-corrected chi connectivity index (χ2v) is 6.16. The predicted molar refractivity (Wildman–Crippen MR) is 79.0 cm³/mol. The van der Waals surface area contributed by atoms with Crippen molar-refractivity contribution in [1.29, 1.82) is 0 Å². The molecule has 0 saturated heterocycles. The summed E-state index contributed by atoms with van der Waals surface area (Å²) in [6.07, 6.45) is 10.7. The van der Waals surface area contributed by atoms with Crippen molar-refractivity contribution < 1.29 is 4.74 Å². The van der Waals surface area contributed by atoms with Gasteiger partial charge in [-0.15, -0.1) is 0 Å². The molecule has 1 aliphatic carbocycles. The molecule has 1 rings (SSSR count). The molecule has 0 spiro atoms. The maximum absolute atomic E-state index is 6.42. The molecular formula is C16H33NO. The van der Waals surface area contributed by atoms with Gasteiger partial charge in [0.25, 0.3) is 0 Å². The van der Waals surface area contributed by atoms with Crippen LogP contribution in [-0.4, -0.2) is 25.3 Å². The Labute approximate surface area is 114 Å². The van der Waals surface area contributed by atoms with Gasteiger partial charge in [-0.05, 0) is 52.0 Å². The van der Waals surface area contributed by atoms with Crippen LogP contribution in [0.1, 0.15) is 72.1 Å². The molecule has 0 amide bonds. The van der Waals surface area contributed by atoms with Crippen LogP contribution >= 0.6 is 0 Å². The van der Waals surface area contributed by atoms with Crippen molar-refractivity contribution in [3.05, 3.63) is 0 Å². The number of hydrogen-bond donors (Lipinski definition) is 1. The number of hydrogen-bond acceptors (Lipinski definition) is 2. The standard InChI is InChI=1S/C16H33NO/c1-5-7-14(3)18-16(13-17-4)11-9-15(8-6-2)10-12-16/h14-15,17H,5-13H2,1-4H3. The van der Waals surface area contributed by atoms with Gasteiger partial charge < -0.3 is 10.1 Å². The monoisotopic (exact) mass is 255 g/mol. The SMILES string of the molecule is CCCC1CCC(CNC)(OC(C)CCC)CC1. The maximum Gasteiger partial charge on any atom is 0.0810 e. The third-order valence-corrected chi connectivity index (χ3v) is 4.36. The van der Waals surface area contributed by atoms with Crippen LogP contribution in [0.4, 0.5) is 0 Å². The zero-order chi connectivity index (χ0) is 13.4. The van der Waals surface area contributed by atoms with E-state index >= 15 is 0 Å². The van der Waals surface area contributed by atoms with E-state index in [1.54, 1.807) is 0 Å². The van der Waals surface area contributed by atoms with Crippen LogP contribution in [-0.2, 0) is 4.74 Å². The van der Waals surface area contributed by atoms with Crippen molar-refractivity contribution in [2.45, 2.75) is 83.8 Å². The summed E-state index contributed by atoms with van der Waals surface area (Å²) in [5.74, 6) is 0.949. The van der Waals surface area contributed by atoms with Crippen molar-refractivity contribution in [2.75, 3.05) is 13.6 Å². The van der Waals surface area contributed by atoms with E-state index in [2.05, 4.69) is 26.1 Å². The van der Waals surface area contributed by atoms with Gasteiger partial charge in [-0.3, -0.25) is 0 Å². The quantitative estimate of drug-likeness (QED) is 0.704. The van der Waals surface area contributed by atoms with Gasteiger partial charge >= 0.3 is 0 Å². The van der Waals surface area contributed by atoms with Crippen LogP contribution < -0.4 is 5.32 Å². The van der Waals surface area contributed by atoms with Gasteiger partial charge in [0.15, 0.2) is 0 Å². The second-order valence-electron chi connectivity index (χ2n) is 6.16. The van der Waals surface area contributed by atoms with Gasteiger partial charge in [0, 0.05) is 6.54 Å². The molecule has 0 aromatic heterocycles. The molecule has 1 aliphatic rings. The van der Waals surface area contributed by atoms with Crippen LogP contribution in [0.25, 0.3) is 0 Å². The van der Waals surface area contributed by atoms with Crippen LogP contribution in [0.5, 0.6) is 0 Å². The maximum atomic E-state index is 6.42. The van der Waals surface area contributed by atoms with Gasteiger partial charge in [-0.2, -0.15) is 0 Å². The lowest BCUT2D eigenvalue weighted by molar-refractivity contribution is -0.113. The fraction of sp³-hybridized carbons (Fsp3) is 1.00. The van der Waals surface area contributed by atoms with Crippen molar-refractivity contribution >= 4 is 0 Å². The highest BCUT2D eigenvalue weighted by atomic mass is 16.5. The summed E-state index contributed by atoms with van der Waals surface area (Å²) in [5.41, 5.74) is 0.119. The summed E-state index contributed by atoms with van der Waals surface area (Å²) in [5, 5.41) is 3.35. The van der Waals surface area contributed by atoms with Crippen molar-refractivity contribution in [1.82, 2.24) is 5.32 Å². The van der Waals surface area contributed by atoms with Crippen molar-refractivity contribution in [2.24, 2.45) is 5.92 Å². The molecule has 0 bridgehead atoms. The van der Waals surface area contributed by atoms with Crippen LogP contribution in [0.15, 0.2) is 0 Å². The lowest BCUT2D eigenvalue weighted by Gasteiger charge is -2.42. The van der Waals surface area contributed by atoms with Gasteiger partial charge in [-0.25, -0.2) is 0 Å². The molecule has 0 radical (unpaired) electrons. The van der Waals surface area contributed by atoms with Gasteiger partial charge in [0.2, 0.25) is 0 Å². The van der Waals surface area contributed by atoms with E-state index in [9.17, 15) is 0 Å². The minimum Gasteiger partial charge on any atom is -0.371 e. The van der Waals surface area contributed by atoms with Crippen molar-refractivity contribution in [3.63, 3.8) is 0 Å². The number of rotatable bonds is 8. The lowest BCUT2D eigenvalue weighted by atomic mass is 9.77. The van der Waals surface area contributed by atoms with Crippen LogP contribution in [0.3, 0.4) is 0 Å². The highest BCUT2D eigenvalue weighted by Crippen LogP contribution is 2.37. The molecule has 0 aromatic carbocycles. The third kappa shape index (κ3) is 4.89. The number of likely N-dealkylation sites (N-methyl/N-ethyl adjacent to an activating group) is 1. The Bertz CT molecular complexity index is 209. The Morgan fingerprint density at radius 1 is 1.22 bits per heavy atom. The first kappa shape index (κ1) is 16.0. The third-order valence-electron chi connectivity index (χ3n) is 4.36.